The summed E-state index contributed by atoms with van der Waals surface area (Å²) in [5, 5.41) is 2.30. The Bertz CT molecular complexity index is 1410. The van der Waals surface area contributed by atoms with Gasteiger partial charge in [0.15, 0.2) is 0 Å². The molecule has 0 spiro atoms. The van der Waals surface area contributed by atoms with Gasteiger partial charge in [-0.25, -0.2) is 13.4 Å². The minimum atomic E-state index is -3.66. The normalized spacial score (nSPS) is 15.1. The second kappa shape index (κ2) is 8.62. The lowest BCUT2D eigenvalue weighted by molar-refractivity contribution is 0.0697. The van der Waals surface area contributed by atoms with Gasteiger partial charge in [0.1, 0.15) is 5.82 Å². The number of fused-ring (bicyclic) bond motifs is 1. The highest BCUT2D eigenvalue weighted by atomic mass is 35.5. The van der Waals surface area contributed by atoms with Gasteiger partial charge in [-0.05, 0) is 59.3 Å². The maximum absolute atomic E-state index is 13.2. The molecular formula is C24H21ClN4O3S. The summed E-state index contributed by atoms with van der Waals surface area (Å²) < 4.78 is 29.6. The number of carbonyl (C=O) groups is 1. The molecule has 1 amide bonds. The zero-order chi connectivity index (χ0) is 23.0. The lowest BCUT2D eigenvalue weighted by Crippen LogP contribution is -2.50. The van der Waals surface area contributed by atoms with Crippen LogP contribution in [0.3, 0.4) is 0 Å². The van der Waals surface area contributed by atoms with E-state index in [-0.39, 0.29) is 23.9 Å². The van der Waals surface area contributed by atoms with Crippen molar-refractivity contribution in [2.75, 3.05) is 26.2 Å². The maximum atomic E-state index is 13.2. The fourth-order valence-electron chi connectivity index (χ4n) is 3.97. The zero-order valence-corrected chi connectivity index (χ0v) is 19.2. The third kappa shape index (κ3) is 4.25. The lowest BCUT2D eigenvalue weighted by atomic mass is 10.1. The fourth-order valence-corrected chi connectivity index (χ4v) is 5.61. The Hall–Kier alpha value is -3.20. The molecule has 5 rings (SSSR count). The number of nitrogens with zero attached hydrogens (tertiary/aromatic N) is 4. The van der Waals surface area contributed by atoms with Gasteiger partial charge in [0, 0.05) is 49.8 Å². The first-order valence-corrected chi connectivity index (χ1v) is 12.3. The topological polar surface area (TPSA) is 75.5 Å². The average molecular weight is 481 g/mol. The molecular weight excluding hydrogens is 460 g/mol. The number of benzene rings is 2. The molecule has 0 atom stereocenters. The molecule has 1 fully saturated rings. The van der Waals surface area contributed by atoms with Crippen LogP contribution in [-0.2, 0) is 10.0 Å². The van der Waals surface area contributed by atoms with Crippen molar-refractivity contribution in [3.8, 4) is 5.82 Å². The van der Waals surface area contributed by atoms with E-state index in [4.69, 9.17) is 11.6 Å². The molecule has 2 aromatic heterocycles. The van der Waals surface area contributed by atoms with Gasteiger partial charge in [-0.15, -0.1) is 0 Å². The number of hydrogen-bond acceptors (Lipinski definition) is 4. The Morgan fingerprint density at radius 1 is 0.879 bits per heavy atom. The Morgan fingerprint density at radius 2 is 1.58 bits per heavy atom. The van der Waals surface area contributed by atoms with Crippen molar-refractivity contribution in [2.45, 2.75) is 4.90 Å². The number of pyridine rings is 1. The average Bonchev–Trinajstić information content (AvgIpc) is 3.38. The number of rotatable bonds is 4. The van der Waals surface area contributed by atoms with Crippen LogP contribution in [0.2, 0.25) is 5.02 Å². The molecule has 0 aliphatic carbocycles. The second-order valence-electron chi connectivity index (χ2n) is 7.84. The molecule has 0 bridgehead atoms. The first-order valence-electron chi connectivity index (χ1n) is 10.5. The Labute approximate surface area is 196 Å². The molecule has 9 heteroatoms. The predicted molar refractivity (Wildman–Crippen MR) is 127 cm³/mol. The van der Waals surface area contributed by atoms with Gasteiger partial charge < -0.3 is 9.47 Å². The predicted octanol–water partition coefficient (Wildman–Crippen LogP) is 3.83. The summed E-state index contributed by atoms with van der Waals surface area (Å²) in [6, 6.07) is 17.7. The van der Waals surface area contributed by atoms with E-state index in [1.807, 2.05) is 35.2 Å². The van der Waals surface area contributed by atoms with Gasteiger partial charge in [0.05, 0.1) is 10.5 Å². The molecule has 1 aliphatic heterocycles. The molecule has 3 heterocycles. The summed E-state index contributed by atoms with van der Waals surface area (Å²) in [4.78, 5) is 19.2. The standard InChI is InChI=1S/C24H21ClN4O3S/c25-21-6-3-19-16-22(7-4-18(19)15-21)33(31,32)29-13-11-28(12-14-29)24(30)20-5-8-23(26-17-20)27-9-1-2-10-27/h1-10,15-17H,11-14H2. The highest BCUT2D eigenvalue weighted by Crippen LogP contribution is 2.25. The molecule has 0 radical (unpaired) electrons. The van der Waals surface area contributed by atoms with Crippen molar-refractivity contribution in [2.24, 2.45) is 0 Å². The van der Waals surface area contributed by atoms with Crippen LogP contribution in [-0.4, -0.2) is 59.3 Å². The minimum Gasteiger partial charge on any atom is -0.336 e. The number of amides is 1. The molecule has 168 valence electrons. The van der Waals surface area contributed by atoms with E-state index in [1.165, 1.54) is 4.31 Å². The summed E-state index contributed by atoms with van der Waals surface area (Å²) in [7, 11) is -3.66. The van der Waals surface area contributed by atoms with Crippen LogP contribution in [0.1, 0.15) is 10.4 Å². The van der Waals surface area contributed by atoms with Gasteiger partial charge in [0.25, 0.3) is 5.91 Å². The van der Waals surface area contributed by atoms with E-state index >= 15 is 0 Å². The molecule has 2 aromatic carbocycles. The largest absolute Gasteiger partial charge is 0.336 e. The van der Waals surface area contributed by atoms with Crippen LogP contribution in [0, 0.1) is 0 Å². The molecule has 33 heavy (non-hydrogen) atoms. The quantitative estimate of drug-likeness (QED) is 0.445. The van der Waals surface area contributed by atoms with Gasteiger partial charge in [-0.2, -0.15) is 4.31 Å². The number of halogens is 1. The first kappa shape index (κ1) is 21.6. The smallest absolute Gasteiger partial charge is 0.255 e. The summed E-state index contributed by atoms with van der Waals surface area (Å²) >= 11 is 6.02. The van der Waals surface area contributed by atoms with Gasteiger partial charge >= 0.3 is 0 Å². The Balaban J connectivity index is 1.27. The highest BCUT2D eigenvalue weighted by molar-refractivity contribution is 7.89. The summed E-state index contributed by atoms with van der Waals surface area (Å²) in [6.07, 6.45) is 5.32. The van der Waals surface area contributed by atoms with E-state index in [2.05, 4.69) is 4.98 Å². The molecule has 0 unspecified atom stereocenters. The van der Waals surface area contributed by atoms with Crippen molar-refractivity contribution in [3.05, 3.63) is 89.8 Å². The van der Waals surface area contributed by atoms with Crippen LogP contribution in [0.15, 0.2) is 84.1 Å². The van der Waals surface area contributed by atoms with Crippen LogP contribution < -0.4 is 0 Å². The molecule has 0 saturated carbocycles. The van der Waals surface area contributed by atoms with Crippen molar-refractivity contribution >= 4 is 38.3 Å². The summed E-state index contributed by atoms with van der Waals surface area (Å²) in [5.41, 5.74) is 0.482. The van der Waals surface area contributed by atoms with E-state index in [0.717, 1.165) is 16.6 Å². The van der Waals surface area contributed by atoms with Crippen LogP contribution in [0.4, 0.5) is 0 Å². The van der Waals surface area contributed by atoms with Gasteiger partial charge in [-0.1, -0.05) is 23.7 Å². The fraction of sp³-hybridized carbons (Fsp3) is 0.167. The Morgan fingerprint density at radius 3 is 2.27 bits per heavy atom. The monoisotopic (exact) mass is 480 g/mol. The second-order valence-corrected chi connectivity index (χ2v) is 10.2. The Kier molecular flexibility index (Phi) is 5.65. The van der Waals surface area contributed by atoms with Crippen LogP contribution >= 0.6 is 11.6 Å². The van der Waals surface area contributed by atoms with E-state index in [0.29, 0.717) is 23.7 Å². The maximum Gasteiger partial charge on any atom is 0.255 e. The van der Waals surface area contributed by atoms with E-state index in [1.54, 1.807) is 53.6 Å². The van der Waals surface area contributed by atoms with Crippen molar-refractivity contribution in [3.63, 3.8) is 0 Å². The third-order valence-electron chi connectivity index (χ3n) is 5.80. The van der Waals surface area contributed by atoms with Gasteiger partial charge in [-0.3, -0.25) is 4.79 Å². The first-order chi connectivity index (χ1) is 15.9. The highest BCUT2D eigenvalue weighted by Gasteiger charge is 2.30. The van der Waals surface area contributed by atoms with Crippen LogP contribution in [0.5, 0.6) is 0 Å². The molecule has 1 saturated heterocycles. The number of aromatic nitrogens is 2. The molecule has 1 aliphatic rings. The number of carbonyl (C=O) groups excluding carboxylic acids is 1. The summed E-state index contributed by atoms with van der Waals surface area (Å²) in [6.45, 7) is 1.12. The molecule has 0 N–H and O–H groups in total. The minimum absolute atomic E-state index is 0.152. The van der Waals surface area contributed by atoms with Gasteiger partial charge in [0.2, 0.25) is 10.0 Å². The SMILES string of the molecule is O=C(c1ccc(-n2cccc2)nc1)N1CCN(S(=O)(=O)c2ccc3cc(Cl)ccc3c2)CC1. The zero-order valence-electron chi connectivity index (χ0n) is 17.6. The number of sulfonamides is 1. The van der Waals surface area contributed by atoms with E-state index in [9.17, 15) is 13.2 Å². The third-order valence-corrected chi connectivity index (χ3v) is 7.93. The molecule has 4 aromatic rings. The summed E-state index contributed by atoms with van der Waals surface area (Å²) in [5.74, 6) is 0.575. The van der Waals surface area contributed by atoms with Crippen molar-refractivity contribution in [1.29, 1.82) is 0 Å². The van der Waals surface area contributed by atoms with Crippen LogP contribution in [0.25, 0.3) is 16.6 Å². The van der Waals surface area contributed by atoms with Crippen molar-refractivity contribution in [1.82, 2.24) is 18.8 Å². The molecule has 7 nitrogen and oxygen atoms in total. The van der Waals surface area contributed by atoms with Crippen molar-refractivity contribution < 1.29 is 13.2 Å². The lowest BCUT2D eigenvalue weighted by Gasteiger charge is -2.34. The van der Waals surface area contributed by atoms with E-state index < -0.39 is 10.0 Å². The number of hydrogen-bond donors (Lipinski definition) is 0. The number of piperazine rings is 1.